The van der Waals surface area contributed by atoms with Crippen LogP contribution in [0.3, 0.4) is 0 Å². The van der Waals surface area contributed by atoms with E-state index >= 15 is 0 Å². The van der Waals surface area contributed by atoms with E-state index in [1.165, 1.54) is 302 Å². The van der Waals surface area contributed by atoms with E-state index in [1.807, 2.05) is 0 Å². The molecule has 0 rings (SSSR count). The molecule has 0 aromatic heterocycles. The first-order valence-electron chi connectivity index (χ1n) is 37.6. The zero-order chi connectivity index (χ0) is 62.3. The van der Waals surface area contributed by atoms with Gasteiger partial charge in [0, 0.05) is 19.4 Å². The molecule has 2 unspecified atom stereocenters. The number of ether oxygens (including phenoxy) is 2. The third-order valence-corrected chi connectivity index (χ3v) is 18.0. The molecule has 0 aliphatic carbocycles. The third kappa shape index (κ3) is 71.1. The molecule has 0 saturated heterocycles. The highest BCUT2D eigenvalue weighted by molar-refractivity contribution is 7.47. The van der Waals surface area contributed by atoms with Crippen molar-refractivity contribution in [1.29, 1.82) is 0 Å². The predicted octanol–water partition coefficient (Wildman–Crippen LogP) is 24.8. The van der Waals surface area contributed by atoms with Gasteiger partial charge in [0.15, 0.2) is 6.10 Å². The van der Waals surface area contributed by atoms with Crippen LogP contribution >= 0.6 is 7.82 Å². The van der Waals surface area contributed by atoms with Crippen molar-refractivity contribution in [2.75, 3.05) is 26.4 Å². The van der Waals surface area contributed by atoms with Crippen LogP contribution in [-0.2, 0) is 32.7 Å². The second-order valence-corrected chi connectivity index (χ2v) is 27.0. The second kappa shape index (κ2) is 72.0. The third-order valence-electron chi connectivity index (χ3n) is 17.0. The molecule has 10 heteroatoms. The summed E-state index contributed by atoms with van der Waals surface area (Å²) in [6.07, 6.45) is 92.4. The van der Waals surface area contributed by atoms with Gasteiger partial charge in [0.2, 0.25) is 0 Å². The summed E-state index contributed by atoms with van der Waals surface area (Å²) in [6, 6.07) is 0. The molecule has 0 aliphatic heterocycles. The minimum atomic E-state index is -4.39. The normalized spacial score (nSPS) is 13.1. The zero-order valence-corrected chi connectivity index (χ0v) is 58.0. The number of rotatable bonds is 72. The fourth-order valence-corrected chi connectivity index (χ4v) is 12.2. The van der Waals surface area contributed by atoms with Crippen LogP contribution in [0.15, 0.2) is 48.6 Å². The molecule has 0 aliphatic rings. The molecule has 2 atom stereocenters. The number of hydrogen-bond acceptors (Lipinski definition) is 8. The molecule has 506 valence electrons. The fraction of sp³-hybridized carbons (Fsp3) is 0.868. The van der Waals surface area contributed by atoms with E-state index in [4.69, 9.17) is 24.3 Å². The van der Waals surface area contributed by atoms with E-state index < -0.39 is 26.5 Å². The van der Waals surface area contributed by atoms with Gasteiger partial charge < -0.3 is 20.1 Å². The highest BCUT2D eigenvalue weighted by Gasteiger charge is 2.26. The van der Waals surface area contributed by atoms with E-state index in [-0.39, 0.29) is 38.6 Å². The topological polar surface area (TPSA) is 134 Å². The molecule has 0 amide bonds. The first-order valence-corrected chi connectivity index (χ1v) is 39.1. The van der Waals surface area contributed by atoms with E-state index in [1.54, 1.807) is 0 Å². The molecule has 0 bridgehead atoms. The van der Waals surface area contributed by atoms with Crippen LogP contribution in [0, 0.1) is 0 Å². The summed E-state index contributed by atoms with van der Waals surface area (Å²) in [4.78, 5) is 35.4. The summed E-state index contributed by atoms with van der Waals surface area (Å²) in [5.41, 5.74) is 5.41. The number of unbranched alkanes of at least 4 members (excludes halogenated alkanes) is 51. The Bertz CT molecular complexity index is 1550. The van der Waals surface area contributed by atoms with Crippen LogP contribution in [0.2, 0.25) is 0 Å². The van der Waals surface area contributed by atoms with Crippen LogP contribution in [-0.4, -0.2) is 49.3 Å². The van der Waals surface area contributed by atoms with Gasteiger partial charge in [-0.2, -0.15) is 0 Å². The number of phosphoric acid groups is 1. The van der Waals surface area contributed by atoms with Crippen molar-refractivity contribution in [3.8, 4) is 0 Å². The van der Waals surface area contributed by atoms with Gasteiger partial charge in [0.1, 0.15) is 6.61 Å². The van der Waals surface area contributed by atoms with Crippen molar-refractivity contribution < 1.29 is 37.6 Å². The molecule has 0 saturated carbocycles. The lowest BCUT2D eigenvalue weighted by Gasteiger charge is -2.19. The Labute approximate surface area is 534 Å². The lowest BCUT2D eigenvalue weighted by Crippen LogP contribution is -2.29. The average molecular weight is 1230 g/mol. The van der Waals surface area contributed by atoms with E-state index in [2.05, 4.69) is 62.5 Å². The second-order valence-electron chi connectivity index (χ2n) is 25.5. The quantitative estimate of drug-likeness (QED) is 0.0264. The first kappa shape index (κ1) is 84.0. The minimum Gasteiger partial charge on any atom is -0.462 e. The van der Waals surface area contributed by atoms with Gasteiger partial charge in [-0.25, -0.2) is 4.57 Å². The van der Waals surface area contributed by atoms with Crippen molar-refractivity contribution in [3.63, 3.8) is 0 Å². The van der Waals surface area contributed by atoms with Crippen LogP contribution in [0.4, 0.5) is 0 Å². The summed E-state index contributed by atoms with van der Waals surface area (Å²) in [5, 5.41) is 0. The predicted molar refractivity (Wildman–Crippen MR) is 372 cm³/mol. The Kier molecular flexibility index (Phi) is 70.3. The van der Waals surface area contributed by atoms with Crippen molar-refractivity contribution in [3.05, 3.63) is 48.6 Å². The summed E-state index contributed by atoms with van der Waals surface area (Å²) < 4.78 is 33.2. The summed E-state index contributed by atoms with van der Waals surface area (Å²) in [5.74, 6) is -0.802. The summed E-state index contributed by atoms with van der Waals surface area (Å²) in [6.45, 7) is 3.71. The number of carbonyl (C=O) groups is 2. The van der Waals surface area contributed by atoms with Gasteiger partial charge in [0.05, 0.1) is 13.2 Å². The van der Waals surface area contributed by atoms with E-state index in [0.29, 0.717) is 6.42 Å². The van der Waals surface area contributed by atoms with Gasteiger partial charge in [-0.15, -0.1) is 0 Å². The van der Waals surface area contributed by atoms with Crippen molar-refractivity contribution >= 4 is 19.8 Å². The number of phosphoric ester groups is 1. The molecule has 0 fully saturated rings. The van der Waals surface area contributed by atoms with Crippen LogP contribution in [0.5, 0.6) is 0 Å². The molecule has 0 aromatic rings. The first-order chi connectivity index (χ1) is 42.3. The SMILES string of the molecule is CC/C=C\C/C=C\C/C=C\C/C=C\CCCCCCCCCCCCCCCCCCCCCCCCC(=O)OC(COC(=O)CCCCCCCCCCCCCCCCCCCCCCCCCCCCCCCC)COP(=O)(O)OCCN. The van der Waals surface area contributed by atoms with Crippen molar-refractivity contribution in [1.82, 2.24) is 0 Å². The van der Waals surface area contributed by atoms with Gasteiger partial charge in [-0.1, -0.05) is 377 Å². The Hall–Kier alpha value is -2.03. The number of nitrogens with two attached hydrogens (primary N) is 1. The molecule has 3 N–H and O–H groups in total. The Balaban J connectivity index is 3.78. The maximum atomic E-state index is 12.8. The van der Waals surface area contributed by atoms with Crippen LogP contribution in [0.25, 0.3) is 0 Å². The Morgan fingerprint density at radius 3 is 0.953 bits per heavy atom. The maximum absolute atomic E-state index is 12.8. The number of esters is 2. The average Bonchev–Trinajstić information content (AvgIpc) is 3.59. The molecule has 9 nitrogen and oxygen atoms in total. The number of allylic oxidation sites excluding steroid dienone is 8. The van der Waals surface area contributed by atoms with Gasteiger partial charge in [0.25, 0.3) is 0 Å². The molecule has 0 heterocycles. The van der Waals surface area contributed by atoms with E-state index in [0.717, 1.165) is 57.8 Å². The molecule has 0 spiro atoms. The van der Waals surface area contributed by atoms with Crippen molar-refractivity contribution in [2.24, 2.45) is 5.73 Å². The highest BCUT2D eigenvalue weighted by Crippen LogP contribution is 2.43. The molecular formula is C76H144NO8P. The van der Waals surface area contributed by atoms with Crippen LogP contribution in [0.1, 0.15) is 393 Å². The standard InChI is InChI=1S/C76H144NO8P/c1-3-5-7-9-11-13-15-17-19-21-23-25-27-29-31-33-35-36-37-38-39-41-43-45-47-49-51-53-55-57-59-61-63-65-67-69-76(79)85-74(73-84-86(80,81)83-71-70-77)72-82-75(78)68-66-64-62-60-58-56-54-52-50-48-46-44-42-40-34-32-30-28-26-24-22-20-18-16-14-12-10-8-6-4-2/h5,7,11,13,17,19,23,25,74H,3-4,6,8-10,12,14-16,18,20-22,24,26-73,77H2,1-2H3,(H,80,81)/b7-5-,13-11-,19-17-,25-23-. The zero-order valence-electron chi connectivity index (χ0n) is 57.1. The van der Waals surface area contributed by atoms with Gasteiger partial charge in [-0.05, 0) is 51.4 Å². The van der Waals surface area contributed by atoms with Crippen LogP contribution < -0.4 is 5.73 Å². The number of hydrogen-bond donors (Lipinski definition) is 2. The lowest BCUT2D eigenvalue weighted by molar-refractivity contribution is -0.161. The summed E-state index contributed by atoms with van der Waals surface area (Å²) in [7, 11) is -4.39. The smallest absolute Gasteiger partial charge is 0.462 e. The molecule has 0 radical (unpaired) electrons. The molecule has 0 aromatic carbocycles. The van der Waals surface area contributed by atoms with Crippen molar-refractivity contribution in [2.45, 2.75) is 399 Å². The monoisotopic (exact) mass is 1230 g/mol. The highest BCUT2D eigenvalue weighted by atomic mass is 31.2. The van der Waals surface area contributed by atoms with Gasteiger partial charge >= 0.3 is 19.8 Å². The Morgan fingerprint density at radius 1 is 0.360 bits per heavy atom. The molecule has 86 heavy (non-hydrogen) atoms. The largest absolute Gasteiger partial charge is 0.472 e. The fourth-order valence-electron chi connectivity index (χ4n) is 11.5. The number of carbonyl (C=O) groups excluding carboxylic acids is 2. The minimum absolute atomic E-state index is 0.0563. The van der Waals surface area contributed by atoms with E-state index in [9.17, 15) is 19.0 Å². The Morgan fingerprint density at radius 2 is 0.640 bits per heavy atom. The lowest BCUT2D eigenvalue weighted by atomic mass is 10.0. The maximum Gasteiger partial charge on any atom is 0.472 e. The van der Waals surface area contributed by atoms with Gasteiger partial charge in [-0.3, -0.25) is 18.6 Å². The molecular weight excluding hydrogens is 1090 g/mol. The summed E-state index contributed by atoms with van der Waals surface area (Å²) >= 11 is 0.